The lowest BCUT2D eigenvalue weighted by atomic mass is 10.2. The Morgan fingerprint density at radius 2 is 2.00 bits per heavy atom. The molecular formula is C13H11ClN2O2S. The average Bonchev–Trinajstić information content (AvgIpc) is 2.85. The molecular weight excluding hydrogens is 284 g/mol. The number of anilines is 2. The van der Waals surface area contributed by atoms with Crippen LogP contribution in [0, 0.1) is 0 Å². The number of halogens is 1. The number of thiophene rings is 1. The Labute approximate surface area is 119 Å². The van der Waals surface area contributed by atoms with Gasteiger partial charge < -0.3 is 10.6 Å². The fourth-order valence-electron chi connectivity index (χ4n) is 1.49. The molecule has 6 heteroatoms. The van der Waals surface area contributed by atoms with E-state index >= 15 is 0 Å². The first-order chi connectivity index (χ1) is 9.06. The zero-order valence-electron chi connectivity index (χ0n) is 10.1. The summed E-state index contributed by atoms with van der Waals surface area (Å²) in [6.07, 6.45) is 0. The minimum absolute atomic E-state index is 0.175. The van der Waals surface area contributed by atoms with Crippen molar-refractivity contribution >= 4 is 46.1 Å². The van der Waals surface area contributed by atoms with E-state index in [0.717, 1.165) is 0 Å². The van der Waals surface area contributed by atoms with Gasteiger partial charge >= 0.3 is 0 Å². The second kappa shape index (κ2) is 5.86. The third-order valence-corrected chi connectivity index (χ3v) is 3.46. The Bertz CT molecular complexity index is 611. The molecule has 0 unspecified atom stereocenters. The maximum absolute atomic E-state index is 11.9. The number of amides is 2. The van der Waals surface area contributed by atoms with Gasteiger partial charge in [0.2, 0.25) is 5.91 Å². The minimum atomic E-state index is -0.204. The summed E-state index contributed by atoms with van der Waals surface area (Å²) < 4.78 is 0. The lowest BCUT2D eigenvalue weighted by molar-refractivity contribution is -0.114. The van der Waals surface area contributed by atoms with Gasteiger partial charge in [-0.3, -0.25) is 9.59 Å². The third kappa shape index (κ3) is 3.56. The summed E-state index contributed by atoms with van der Waals surface area (Å²) in [6, 6.07) is 8.46. The number of rotatable bonds is 3. The maximum atomic E-state index is 11.9. The van der Waals surface area contributed by atoms with Crippen LogP contribution in [0.3, 0.4) is 0 Å². The van der Waals surface area contributed by atoms with E-state index in [1.54, 1.807) is 30.3 Å². The van der Waals surface area contributed by atoms with Gasteiger partial charge in [0.15, 0.2) is 0 Å². The zero-order valence-corrected chi connectivity index (χ0v) is 11.6. The molecule has 0 aliphatic heterocycles. The van der Waals surface area contributed by atoms with Gasteiger partial charge in [0, 0.05) is 12.6 Å². The summed E-state index contributed by atoms with van der Waals surface area (Å²) in [5, 5.41) is 7.54. The summed E-state index contributed by atoms with van der Waals surface area (Å²) in [6.45, 7) is 1.42. The van der Waals surface area contributed by atoms with Crippen LogP contribution in [0.5, 0.6) is 0 Å². The lowest BCUT2D eigenvalue weighted by Gasteiger charge is -2.08. The molecule has 1 aromatic heterocycles. The van der Waals surface area contributed by atoms with Gasteiger partial charge in [-0.05, 0) is 29.6 Å². The van der Waals surface area contributed by atoms with Crippen molar-refractivity contribution in [1.29, 1.82) is 0 Å². The molecule has 0 radical (unpaired) electrons. The maximum Gasteiger partial charge on any atom is 0.265 e. The van der Waals surface area contributed by atoms with Crippen molar-refractivity contribution in [1.82, 2.24) is 0 Å². The largest absolute Gasteiger partial charge is 0.326 e. The Hall–Kier alpha value is -1.85. The van der Waals surface area contributed by atoms with Crippen molar-refractivity contribution in [2.45, 2.75) is 6.92 Å². The van der Waals surface area contributed by atoms with E-state index in [1.807, 2.05) is 5.38 Å². The van der Waals surface area contributed by atoms with Gasteiger partial charge in [-0.2, -0.15) is 0 Å². The van der Waals surface area contributed by atoms with Crippen LogP contribution in [0.25, 0.3) is 0 Å². The van der Waals surface area contributed by atoms with E-state index in [1.165, 1.54) is 18.3 Å². The molecule has 1 heterocycles. The van der Waals surface area contributed by atoms with Gasteiger partial charge in [-0.1, -0.05) is 17.7 Å². The monoisotopic (exact) mass is 294 g/mol. The summed E-state index contributed by atoms with van der Waals surface area (Å²) in [4.78, 5) is 23.4. The number of carbonyl (C=O) groups excluding carboxylic acids is 2. The fourth-order valence-corrected chi connectivity index (χ4v) is 2.34. The summed E-state index contributed by atoms with van der Waals surface area (Å²) in [5.41, 5.74) is 1.10. The van der Waals surface area contributed by atoms with Crippen LogP contribution in [0.15, 0.2) is 35.7 Å². The Morgan fingerprint density at radius 3 is 2.58 bits per heavy atom. The molecule has 0 fully saturated rings. The van der Waals surface area contributed by atoms with Crippen LogP contribution in [-0.2, 0) is 4.79 Å². The highest BCUT2D eigenvalue weighted by molar-refractivity contribution is 7.12. The predicted octanol–water partition coefficient (Wildman–Crippen LogP) is 3.61. The van der Waals surface area contributed by atoms with Gasteiger partial charge in [0.1, 0.15) is 0 Å². The van der Waals surface area contributed by atoms with Crippen molar-refractivity contribution in [2.75, 3.05) is 10.6 Å². The molecule has 2 amide bonds. The molecule has 2 N–H and O–H groups in total. The van der Waals surface area contributed by atoms with Crippen LogP contribution in [0.2, 0.25) is 5.02 Å². The molecule has 98 valence electrons. The lowest BCUT2D eigenvalue weighted by Crippen LogP contribution is -2.11. The van der Waals surface area contributed by atoms with E-state index < -0.39 is 0 Å². The number of hydrogen-bond donors (Lipinski definition) is 2. The molecule has 0 spiro atoms. The summed E-state index contributed by atoms with van der Waals surface area (Å²) >= 11 is 7.41. The average molecular weight is 295 g/mol. The normalized spacial score (nSPS) is 10.0. The van der Waals surface area contributed by atoms with Crippen LogP contribution in [0.4, 0.5) is 11.4 Å². The molecule has 0 saturated heterocycles. The molecule has 0 atom stereocenters. The van der Waals surface area contributed by atoms with E-state index in [-0.39, 0.29) is 11.8 Å². The van der Waals surface area contributed by atoms with Gasteiger partial charge in [0.25, 0.3) is 5.91 Å². The van der Waals surface area contributed by atoms with E-state index in [2.05, 4.69) is 10.6 Å². The standard InChI is InChI=1S/C13H11ClN2O2S/c1-8(17)15-9-4-5-11(10(14)7-9)16-13(18)12-3-2-6-19-12/h2-7H,1H3,(H,15,17)(H,16,18). The van der Waals surface area contributed by atoms with Crippen LogP contribution >= 0.6 is 22.9 Å². The van der Waals surface area contributed by atoms with E-state index in [0.29, 0.717) is 21.3 Å². The predicted molar refractivity (Wildman–Crippen MR) is 78.0 cm³/mol. The summed E-state index contributed by atoms with van der Waals surface area (Å²) in [7, 11) is 0. The van der Waals surface area contributed by atoms with Crippen molar-refractivity contribution < 1.29 is 9.59 Å². The SMILES string of the molecule is CC(=O)Nc1ccc(NC(=O)c2cccs2)c(Cl)c1. The van der Waals surface area contributed by atoms with Gasteiger partial charge in [-0.25, -0.2) is 0 Å². The smallest absolute Gasteiger partial charge is 0.265 e. The van der Waals surface area contributed by atoms with Gasteiger partial charge in [0.05, 0.1) is 15.6 Å². The highest BCUT2D eigenvalue weighted by atomic mass is 35.5. The van der Waals surface area contributed by atoms with Crippen molar-refractivity contribution in [3.8, 4) is 0 Å². The van der Waals surface area contributed by atoms with Crippen molar-refractivity contribution in [2.24, 2.45) is 0 Å². The molecule has 2 rings (SSSR count). The molecule has 4 nitrogen and oxygen atoms in total. The van der Waals surface area contributed by atoms with Crippen LogP contribution in [0.1, 0.15) is 16.6 Å². The Kier molecular flexibility index (Phi) is 4.19. The number of carbonyl (C=O) groups is 2. The number of nitrogens with one attached hydrogen (secondary N) is 2. The minimum Gasteiger partial charge on any atom is -0.326 e. The molecule has 1 aromatic carbocycles. The van der Waals surface area contributed by atoms with E-state index in [9.17, 15) is 9.59 Å². The zero-order chi connectivity index (χ0) is 13.8. The topological polar surface area (TPSA) is 58.2 Å². The first kappa shape index (κ1) is 13.6. The Morgan fingerprint density at radius 1 is 1.21 bits per heavy atom. The van der Waals surface area contributed by atoms with Crippen molar-refractivity contribution in [3.05, 3.63) is 45.6 Å². The molecule has 2 aromatic rings. The molecule has 0 saturated carbocycles. The van der Waals surface area contributed by atoms with Crippen LogP contribution in [-0.4, -0.2) is 11.8 Å². The van der Waals surface area contributed by atoms with Crippen molar-refractivity contribution in [3.63, 3.8) is 0 Å². The number of hydrogen-bond acceptors (Lipinski definition) is 3. The third-order valence-electron chi connectivity index (χ3n) is 2.28. The second-order valence-corrected chi connectivity index (χ2v) is 5.16. The molecule has 0 aliphatic rings. The highest BCUT2D eigenvalue weighted by Crippen LogP contribution is 2.26. The first-order valence-corrected chi connectivity index (χ1v) is 6.74. The number of benzene rings is 1. The first-order valence-electron chi connectivity index (χ1n) is 5.48. The van der Waals surface area contributed by atoms with Crippen LogP contribution < -0.4 is 10.6 Å². The molecule has 0 bridgehead atoms. The quantitative estimate of drug-likeness (QED) is 0.908. The molecule has 19 heavy (non-hydrogen) atoms. The highest BCUT2D eigenvalue weighted by Gasteiger charge is 2.09. The summed E-state index contributed by atoms with van der Waals surface area (Å²) in [5.74, 6) is -0.379. The van der Waals surface area contributed by atoms with Gasteiger partial charge in [-0.15, -0.1) is 11.3 Å². The fraction of sp³-hybridized carbons (Fsp3) is 0.0769. The Balaban J connectivity index is 2.13. The van der Waals surface area contributed by atoms with E-state index in [4.69, 9.17) is 11.6 Å². The second-order valence-electron chi connectivity index (χ2n) is 3.81. The molecule has 0 aliphatic carbocycles.